The first kappa shape index (κ1) is 14.9. The largest absolute Gasteiger partial charge is 0.465 e. The summed E-state index contributed by atoms with van der Waals surface area (Å²) < 4.78 is 4.87. The van der Waals surface area contributed by atoms with E-state index in [0.29, 0.717) is 16.4 Å². The van der Waals surface area contributed by atoms with Crippen LogP contribution in [0.4, 0.5) is 5.82 Å². The number of hydrogen-bond acceptors (Lipinski definition) is 4. The van der Waals surface area contributed by atoms with Crippen LogP contribution < -0.4 is 4.90 Å². The van der Waals surface area contributed by atoms with Crippen molar-refractivity contribution in [2.45, 2.75) is 18.9 Å². The van der Waals surface area contributed by atoms with E-state index in [1.54, 1.807) is 12.3 Å². The highest BCUT2D eigenvalue weighted by atomic mass is 35.5. The molecule has 1 fully saturated rings. The molecule has 114 valence electrons. The van der Waals surface area contributed by atoms with Crippen molar-refractivity contribution in [3.8, 4) is 0 Å². The van der Waals surface area contributed by atoms with Crippen LogP contribution >= 0.6 is 11.6 Å². The molecule has 3 rings (SSSR count). The number of aromatic nitrogens is 1. The summed E-state index contributed by atoms with van der Waals surface area (Å²) in [6.07, 6.45) is 3.67. The van der Waals surface area contributed by atoms with E-state index in [1.165, 1.54) is 12.7 Å². The van der Waals surface area contributed by atoms with Crippen LogP contribution in [0.5, 0.6) is 0 Å². The Morgan fingerprint density at radius 2 is 2.14 bits per heavy atom. The van der Waals surface area contributed by atoms with Gasteiger partial charge in [-0.05, 0) is 24.5 Å². The third kappa shape index (κ3) is 2.79. The molecular weight excluding hydrogens is 300 g/mol. The predicted octanol–water partition coefficient (Wildman–Crippen LogP) is 3.86. The number of rotatable bonds is 3. The minimum absolute atomic E-state index is 0.221. The fraction of sp³-hybridized carbons (Fsp3) is 0.294. The molecule has 0 spiro atoms. The third-order valence-electron chi connectivity index (χ3n) is 3.95. The first-order valence-electron chi connectivity index (χ1n) is 7.26. The Morgan fingerprint density at radius 1 is 1.36 bits per heavy atom. The molecule has 0 aliphatic carbocycles. The number of ether oxygens (including phenoxy) is 1. The van der Waals surface area contributed by atoms with Crippen LogP contribution in [0.1, 0.15) is 34.8 Å². The Labute approximate surface area is 134 Å². The summed E-state index contributed by atoms with van der Waals surface area (Å²) >= 11 is 5.99. The summed E-state index contributed by atoms with van der Waals surface area (Å²) in [5.41, 5.74) is 1.64. The number of methoxy groups -OCH3 is 1. The number of esters is 1. The fourth-order valence-corrected chi connectivity index (χ4v) is 3.12. The topological polar surface area (TPSA) is 42.4 Å². The SMILES string of the molecule is COC(=O)c1cc(Cl)cnc1N1CCCC1c1ccccc1. The molecule has 1 aromatic heterocycles. The van der Waals surface area contributed by atoms with Crippen molar-refractivity contribution in [1.29, 1.82) is 0 Å². The maximum absolute atomic E-state index is 12.0. The first-order valence-corrected chi connectivity index (χ1v) is 7.64. The normalized spacial score (nSPS) is 17.5. The van der Waals surface area contributed by atoms with Crippen molar-refractivity contribution < 1.29 is 9.53 Å². The molecule has 0 saturated carbocycles. The van der Waals surface area contributed by atoms with Crippen molar-refractivity contribution in [3.63, 3.8) is 0 Å². The van der Waals surface area contributed by atoms with Gasteiger partial charge >= 0.3 is 5.97 Å². The lowest BCUT2D eigenvalue weighted by Crippen LogP contribution is -2.26. The molecule has 22 heavy (non-hydrogen) atoms. The molecule has 5 heteroatoms. The lowest BCUT2D eigenvalue weighted by molar-refractivity contribution is 0.0601. The van der Waals surface area contributed by atoms with E-state index in [2.05, 4.69) is 22.0 Å². The highest BCUT2D eigenvalue weighted by molar-refractivity contribution is 6.30. The van der Waals surface area contributed by atoms with Gasteiger partial charge in [0.25, 0.3) is 0 Å². The molecule has 1 unspecified atom stereocenters. The van der Waals surface area contributed by atoms with Gasteiger partial charge in [-0.2, -0.15) is 0 Å². The van der Waals surface area contributed by atoms with Gasteiger partial charge in [-0.15, -0.1) is 0 Å². The Morgan fingerprint density at radius 3 is 2.86 bits per heavy atom. The molecule has 1 aliphatic heterocycles. The van der Waals surface area contributed by atoms with E-state index < -0.39 is 5.97 Å². The van der Waals surface area contributed by atoms with Crippen molar-refractivity contribution in [2.24, 2.45) is 0 Å². The lowest BCUT2D eigenvalue weighted by Gasteiger charge is -2.27. The molecule has 0 N–H and O–H groups in total. The van der Waals surface area contributed by atoms with Gasteiger partial charge in [0.05, 0.1) is 18.2 Å². The van der Waals surface area contributed by atoms with Gasteiger partial charge in [0.1, 0.15) is 11.4 Å². The van der Waals surface area contributed by atoms with E-state index in [1.807, 2.05) is 18.2 Å². The monoisotopic (exact) mass is 316 g/mol. The number of benzene rings is 1. The number of pyridine rings is 1. The summed E-state index contributed by atoms with van der Waals surface area (Å²) in [4.78, 5) is 18.6. The smallest absolute Gasteiger partial charge is 0.341 e. The summed E-state index contributed by atoms with van der Waals surface area (Å²) in [7, 11) is 1.37. The molecule has 2 heterocycles. The standard InChI is InChI=1S/C17H17ClN2O2/c1-22-17(21)14-10-13(18)11-19-16(14)20-9-5-8-15(20)12-6-3-2-4-7-12/h2-4,6-7,10-11,15H,5,8-9H2,1H3. The van der Waals surface area contributed by atoms with Crippen LogP contribution in [0.25, 0.3) is 0 Å². The van der Waals surface area contributed by atoms with Crippen LogP contribution in [0, 0.1) is 0 Å². The predicted molar refractivity (Wildman–Crippen MR) is 86.3 cm³/mol. The van der Waals surface area contributed by atoms with Crippen LogP contribution in [0.2, 0.25) is 5.02 Å². The lowest BCUT2D eigenvalue weighted by atomic mass is 10.0. The summed E-state index contributed by atoms with van der Waals surface area (Å²) in [5.74, 6) is 0.228. The van der Waals surface area contributed by atoms with Crippen molar-refractivity contribution >= 4 is 23.4 Å². The molecular formula is C17H17ClN2O2. The number of carbonyl (C=O) groups excluding carboxylic acids is 1. The Hall–Kier alpha value is -2.07. The van der Waals surface area contributed by atoms with Gasteiger partial charge in [-0.25, -0.2) is 9.78 Å². The molecule has 2 aromatic rings. The molecule has 0 amide bonds. The first-order chi connectivity index (χ1) is 10.7. The Bertz CT molecular complexity index is 676. The maximum Gasteiger partial charge on any atom is 0.341 e. The number of nitrogens with zero attached hydrogens (tertiary/aromatic N) is 2. The van der Waals surface area contributed by atoms with E-state index in [0.717, 1.165) is 19.4 Å². The van der Waals surface area contributed by atoms with E-state index in [9.17, 15) is 4.79 Å². The van der Waals surface area contributed by atoms with E-state index >= 15 is 0 Å². The molecule has 1 aliphatic rings. The summed E-state index contributed by atoms with van der Waals surface area (Å²) in [5, 5.41) is 0.430. The number of hydrogen-bond donors (Lipinski definition) is 0. The Kier molecular flexibility index (Phi) is 4.29. The fourth-order valence-electron chi connectivity index (χ4n) is 2.96. The van der Waals surface area contributed by atoms with E-state index in [4.69, 9.17) is 16.3 Å². The minimum Gasteiger partial charge on any atom is -0.465 e. The quantitative estimate of drug-likeness (QED) is 0.806. The van der Waals surface area contributed by atoms with Crippen LogP contribution in [0.3, 0.4) is 0 Å². The second-order valence-corrected chi connectivity index (χ2v) is 5.71. The van der Waals surface area contributed by atoms with Gasteiger partial charge < -0.3 is 9.64 Å². The Balaban J connectivity index is 2.01. The van der Waals surface area contributed by atoms with Gasteiger partial charge in [0.2, 0.25) is 0 Å². The van der Waals surface area contributed by atoms with Crippen molar-refractivity contribution in [1.82, 2.24) is 4.98 Å². The van der Waals surface area contributed by atoms with Gasteiger partial charge in [-0.1, -0.05) is 41.9 Å². The number of carbonyl (C=O) groups is 1. The number of halogens is 1. The van der Waals surface area contributed by atoms with Gasteiger partial charge in [0.15, 0.2) is 0 Å². The zero-order valence-electron chi connectivity index (χ0n) is 12.3. The van der Waals surface area contributed by atoms with Crippen LogP contribution in [-0.2, 0) is 4.74 Å². The van der Waals surface area contributed by atoms with E-state index in [-0.39, 0.29) is 6.04 Å². The molecule has 0 bridgehead atoms. The van der Waals surface area contributed by atoms with Crippen molar-refractivity contribution in [3.05, 3.63) is 58.7 Å². The average molecular weight is 317 g/mol. The third-order valence-corrected chi connectivity index (χ3v) is 4.15. The maximum atomic E-state index is 12.0. The van der Waals surface area contributed by atoms with Crippen molar-refractivity contribution in [2.75, 3.05) is 18.6 Å². The van der Waals surface area contributed by atoms with Gasteiger partial charge in [-0.3, -0.25) is 0 Å². The summed E-state index contributed by atoms with van der Waals surface area (Å²) in [6.45, 7) is 0.859. The summed E-state index contributed by atoms with van der Waals surface area (Å²) in [6, 6.07) is 12.1. The minimum atomic E-state index is -0.413. The molecule has 4 nitrogen and oxygen atoms in total. The van der Waals surface area contributed by atoms with Crippen LogP contribution in [-0.4, -0.2) is 24.6 Å². The van der Waals surface area contributed by atoms with Crippen LogP contribution in [0.15, 0.2) is 42.6 Å². The zero-order valence-corrected chi connectivity index (χ0v) is 13.1. The second kappa shape index (κ2) is 6.36. The molecule has 1 atom stereocenters. The second-order valence-electron chi connectivity index (χ2n) is 5.28. The number of anilines is 1. The highest BCUT2D eigenvalue weighted by Gasteiger charge is 2.30. The molecule has 1 saturated heterocycles. The average Bonchev–Trinajstić information content (AvgIpc) is 3.04. The molecule has 0 radical (unpaired) electrons. The highest BCUT2D eigenvalue weighted by Crippen LogP contribution is 2.37. The molecule has 1 aromatic carbocycles. The van der Waals surface area contributed by atoms with Gasteiger partial charge in [0, 0.05) is 12.7 Å². The zero-order chi connectivity index (χ0) is 15.5.